The van der Waals surface area contributed by atoms with Crippen LogP contribution in [0.2, 0.25) is 10.0 Å². The summed E-state index contributed by atoms with van der Waals surface area (Å²) in [6, 6.07) is 5.80. The molecule has 2 aliphatic rings. The zero-order valence-electron chi connectivity index (χ0n) is 18.1. The fourth-order valence-corrected chi connectivity index (χ4v) is 4.91. The Bertz CT molecular complexity index is 1020. The smallest absolute Gasteiger partial charge is 0.259 e. The number of ether oxygens (including phenoxy) is 1. The zero-order valence-corrected chi connectivity index (χ0v) is 19.6. The summed E-state index contributed by atoms with van der Waals surface area (Å²) >= 11 is 12.4. The summed E-state index contributed by atoms with van der Waals surface area (Å²) in [5, 5.41) is 0.665. The van der Waals surface area contributed by atoms with Gasteiger partial charge in [-0.2, -0.15) is 0 Å². The van der Waals surface area contributed by atoms with Crippen LogP contribution in [0, 0.1) is 13.8 Å². The van der Waals surface area contributed by atoms with E-state index in [-0.39, 0.29) is 17.3 Å². The predicted molar refractivity (Wildman–Crippen MR) is 122 cm³/mol. The molecule has 1 saturated heterocycles. The maximum Gasteiger partial charge on any atom is 0.259 e. The second-order valence-corrected chi connectivity index (χ2v) is 9.13. The molecule has 8 heteroatoms. The van der Waals surface area contributed by atoms with E-state index in [4.69, 9.17) is 27.9 Å². The van der Waals surface area contributed by atoms with Gasteiger partial charge in [-0.3, -0.25) is 14.5 Å². The van der Waals surface area contributed by atoms with E-state index in [9.17, 15) is 9.59 Å². The molecule has 0 bridgehead atoms. The number of hydrogen-bond donors (Lipinski definition) is 0. The first-order valence-electron chi connectivity index (χ1n) is 10.6. The molecule has 0 unspecified atom stereocenters. The molecule has 1 aliphatic heterocycles. The summed E-state index contributed by atoms with van der Waals surface area (Å²) in [6.07, 6.45) is 2.39. The highest BCUT2D eigenvalue weighted by Gasteiger charge is 2.30. The number of carbonyl (C=O) groups is 2. The number of rotatable bonds is 6. The van der Waals surface area contributed by atoms with E-state index in [0.29, 0.717) is 54.6 Å². The first-order valence-corrected chi connectivity index (χ1v) is 11.3. The Labute approximate surface area is 192 Å². The van der Waals surface area contributed by atoms with Crippen molar-refractivity contribution in [3.8, 4) is 5.75 Å². The largest absolute Gasteiger partial charge is 0.494 e. The second-order valence-electron chi connectivity index (χ2n) is 8.31. The van der Waals surface area contributed by atoms with E-state index >= 15 is 0 Å². The molecule has 1 saturated carbocycles. The molecule has 1 aromatic carbocycles. The van der Waals surface area contributed by atoms with E-state index < -0.39 is 0 Å². The third kappa shape index (κ3) is 4.34. The van der Waals surface area contributed by atoms with Crippen LogP contribution in [0.15, 0.2) is 18.2 Å². The van der Waals surface area contributed by atoms with Crippen LogP contribution in [-0.2, 0) is 0 Å². The highest BCUT2D eigenvalue weighted by molar-refractivity contribution is 6.37. The lowest BCUT2D eigenvalue weighted by atomic mass is 10.1. The molecule has 1 aromatic heterocycles. The third-order valence-corrected chi connectivity index (χ3v) is 6.81. The minimum absolute atomic E-state index is 0.138. The topological polar surface area (TPSA) is 54.8 Å². The number of halogens is 2. The van der Waals surface area contributed by atoms with E-state index in [1.165, 1.54) is 20.0 Å². The Morgan fingerprint density at radius 1 is 1.06 bits per heavy atom. The summed E-state index contributed by atoms with van der Waals surface area (Å²) in [7, 11) is 1.47. The van der Waals surface area contributed by atoms with Gasteiger partial charge in [0.25, 0.3) is 5.91 Å². The fraction of sp³-hybridized carbons (Fsp3) is 0.478. The van der Waals surface area contributed by atoms with Gasteiger partial charge in [0.15, 0.2) is 11.5 Å². The molecular formula is C23H27Cl2N3O3. The van der Waals surface area contributed by atoms with Gasteiger partial charge in [0.2, 0.25) is 0 Å². The van der Waals surface area contributed by atoms with Gasteiger partial charge in [-0.15, -0.1) is 0 Å². The standard InChI is InChI=1S/C23H27Cl2N3O3/c1-14-12-17(15(2)28(14)16-4-5-16)20(29)13-26-8-10-27(11-9-26)23(30)21-18(24)6-7-19(25)22(21)31-3/h6-7,12,16H,4-5,8-11,13H2,1-3H3. The maximum atomic E-state index is 13.1. The number of aryl methyl sites for hydroxylation is 1. The van der Waals surface area contributed by atoms with Gasteiger partial charge < -0.3 is 14.2 Å². The first kappa shape index (κ1) is 22.2. The summed E-state index contributed by atoms with van der Waals surface area (Å²) < 4.78 is 7.61. The lowest BCUT2D eigenvalue weighted by Gasteiger charge is -2.34. The monoisotopic (exact) mass is 463 g/mol. The van der Waals surface area contributed by atoms with Crippen molar-refractivity contribution in [2.45, 2.75) is 32.7 Å². The molecule has 2 fully saturated rings. The molecule has 0 atom stereocenters. The van der Waals surface area contributed by atoms with Gasteiger partial charge in [0.1, 0.15) is 5.56 Å². The predicted octanol–water partition coefficient (Wildman–Crippen LogP) is 4.40. The Morgan fingerprint density at radius 2 is 1.71 bits per heavy atom. The average Bonchev–Trinajstić information content (AvgIpc) is 3.53. The number of benzene rings is 1. The van der Waals surface area contributed by atoms with Crippen LogP contribution in [0.5, 0.6) is 5.75 Å². The van der Waals surface area contributed by atoms with Crippen LogP contribution < -0.4 is 4.74 Å². The number of Topliss-reactive ketones (excluding diaryl/α,β-unsaturated/α-hetero) is 1. The van der Waals surface area contributed by atoms with Crippen LogP contribution in [-0.4, -0.2) is 65.9 Å². The Morgan fingerprint density at radius 3 is 2.32 bits per heavy atom. The van der Waals surface area contributed by atoms with Crippen molar-refractivity contribution in [2.75, 3.05) is 39.8 Å². The Kier molecular flexibility index (Phi) is 6.33. The van der Waals surface area contributed by atoms with Gasteiger partial charge >= 0.3 is 0 Å². The minimum Gasteiger partial charge on any atom is -0.494 e. The molecule has 0 N–H and O–H groups in total. The molecule has 0 spiro atoms. The normalized spacial score (nSPS) is 17.1. The Hall–Kier alpha value is -2.02. The fourth-order valence-electron chi connectivity index (χ4n) is 4.44. The van der Waals surface area contributed by atoms with E-state index in [0.717, 1.165) is 17.0 Å². The van der Waals surface area contributed by atoms with Crippen molar-refractivity contribution in [3.05, 3.63) is 50.8 Å². The molecule has 2 heterocycles. The molecule has 1 aliphatic carbocycles. The second kappa shape index (κ2) is 8.85. The molecule has 6 nitrogen and oxygen atoms in total. The molecule has 2 aromatic rings. The van der Waals surface area contributed by atoms with Crippen LogP contribution in [0.25, 0.3) is 0 Å². The van der Waals surface area contributed by atoms with Crippen LogP contribution in [0.4, 0.5) is 0 Å². The number of hydrogen-bond acceptors (Lipinski definition) is 4. The molecule has 31 heavy (non-hydrogen) atoms. The SMILES string of the molecule is COc1c(Cl)ccc(Cl)c1C(=O)N1CCN(CC(=O)c2cc(C)n(C3CC3)c2C)CC1. The first-order chi connectivity index (χ1) is 14.8. The molecule has 0 radical (unpaired) electrons. The minimum atomic E-state index is -0.205. The van der Waals surface area contributed by atoms with Crippen molar-refractivity contribution in [2.24, 2.45) is 0 Å². The van der Waals surface area contributed by atoms with Gasteiger partial charge in [-0.25, -0.2) is 0 Å². The molecule has 1 amide bonds. The maximum absolute atomic E-state index is 13.1. The van der Waals surface area contributed by atoms with Crippen molar-refractivity contribution in [1.82, 2.24) is 14.4 Å². The highest BCUT2D eigenvalue weighted by atomic mass is 35.5. The number of ketones is 1. The Balaban J connectivity index is 1.39. The van der Waals surface area contributed by atoms with Crippen LogP contribution in [0.1, 0.15) is 51.0 Å². The van der Waals surface area contributed by atoms with Crippen molar-refractivity contribution >= 4 is 34.9 Å². The average molecular weight is 464 g/mol. The number of aromatic nitrogens is 1. The van der Waals surface area contributed by atoms with E-state index in [1.807, 2.05) is 13.0 Å². The number of amides is 1. The van der Waals surface area contributed by atoms with Gasteiger partial charge in [-0.1, -0.05) is 23.2 Å². The summed E-state index contributed by atoms with van der Waals surface area (Å²) in [5.74, 6) is 0.227. The lowest BCUT2D eigenvalue weighted by molar-refractivity contribution is 0.0621. The molecule has 166 valence electrons. The summed E-state index contributed by atoms with van der Waals surface area (Å²) in [4.78, 5) is 29.9. The molecule has 4 rings (SSSR count). The number of carbonyl (C=O) groups excluding carboxylic acids is 2. The lowest BCUT2D eigenvalue weighted by Crippen LogP contribution is -2.50. The number of nitrogens with zero attached hydrogens (tertiary/aromatic N) is 3. The van der Waals surface area contributed by atoms with Crippen LogP contribution >= 0.6 is 23.2 Å². The highest BCUT2D eigenvalue weighted by Crippen LogP contribution is 2.38. The van der Waals surface area contributed by atoms with Crippen molar-refractivity contribution in [3.63, 3.8) is 0 Å². The van der Waals surface area contributed by atoms with E-state index in [2.05, 4.69) is 16.4 Å². The van der Waals surface area contributed by atoms with Gasteiger partial charge in [0.05, 0.1) is 23.7 Å². The van der Waals surface area contributed by atoms with Gasteiger partial charge in [0, 0.05) is 49.2 Å². The van der Waals surface area contributed by atoms with Crippen LogP contribution in [0.3, 0.4) is 0 Å². The molecular weight excluding hydrogens is 437 g/mol. The third-order valence-electron chi connectivity index (χ3n) is 6.20. The zero-order chi connectivity index (χ0) is 22.3. The number of piperazine rings is 1. The summed E-state index contributed by atoms with van der Waals surface area (Å²) in [5.41, 5.74) is 3.33. The number of methoxy groups -OCH3 is 1. The van der Waals surface area contributed by atoms with Crippen molar-refractivity contribution < 1.29 is 14.3 Å². The van der Waals surface area contributed by atoms with Crippen molar-refractivity contribution in [1.29, 1.82) is 0 Å². The summed E-state index contributed by atoms with van der Waals surface area (Å²) in [6.45, 7) is 6.74. The van der Waals surface area contributed by atoms with Gasteiger partial charge in [-0.05, 0) is 44.9 Å². The quantitative estimate of drug-likeness (QED) is 0.595. The van der Waals surface area contributed by atoms with E-state index in [1.54, 1.807) is 17.0 Å².